The summed E-state index contributed by atoms with van der Waals surface area (Å²) in [6.07, 6.45) is 2.31. The molecular weight excluding hydrogens is 292 g/mol. The monoisotopic (exact) mass is 314 g/mol. The number of ether oxygens (including phenoxy) is 1. The third kappa shape index (κ3) is 3.01. The number of nitrogens with zero attached hydrogens (tertiary/aromatic N) is 4. The molecule has 0 aromatic carbocycles. The summed E-state index contributed by atoms with van der Waals surface area (Å²) in [5.74, 6) is 1.60. The fraction of sp³-hybridized carbons (Fsp3) is 0.588. The quantitative estimate of drug-likeness (QED) is 0.865. The van der Waals surface area contributed by atoms with Crippen molar-refractivity contribution in [1.82, 2.24) is 20.1 Å². The second-order valence-corrected chi connectivity index (χ2v) is 6.56. The highest BCUT2D eigenvalue weighted by atomic mass is 16.5. The van der Waals surface area contributed by atoms with Crippen molar-refractivity contribution in [2.45, 2.75) is 51.3 Å². The maximum Gasteiger partial charge on any atom is 0.220 e. The molecule has 0 unspecified atom stereocenters. The number of likely N-dealkylation sites (tertiary alicyclic amines) is 1. The van der Waals surface area contributed by atoms with E-state index in [1.54, 1.807) is 0 Å². The van der Waals surface area contributed by atoms with E-state index in [0.717, 1.165) is 49.8 Å². The zero-order valence-electron chi connectivity index (χ0n) is 13.6. The molecule has 0 amide bonds. The van der Waals surface area contributed by atoms with Crippen molar-refractivity contribution in [3.8, 4) is 0 Å². The summed E-state index contributed by atoms with van der Waals surface area (Å²) in [6, 6.07) is 6.67. The molecule has 0 N–H and O–H groups in total. The molecule has 23 heavy (non-hydrogen) atoms. The molecule has 3 atom stereocenters. The Bertz CT molecular complexity index is 687. The van der Waals surface area contributed by atoms with Crippen LogP contribution in [0.2, 0.25) is 0 Å². The summed E-state index contributed by atoms with van der Waals surface area (Å²) in [6.45, 7) is 6.47. The zero-order chi connectivity index (χ0) is 15.8. The minimum atomic E-state index is 0.236. The van der Waals surface area contributed by atoms with Crippen LogP contribution in [0.15, 0.2) is 22.6 Å². The van der Waals surface area contributed by atoms with E-state index in [4.69, 9.17) is 9.15 Å². The first kappa shape index (κ1) is 14.8. The van der Waals surface area contributed by atoms with Crippen LogP contribution in [-0.4, -0.2) is 45.4 Å². The van der Waals surface area contributed by atoms with Crippen molar-refractivity contribution in [3.05, 3.63) is 41.4 Å². The predicted octanol–water partition coefficient (Wildman–Crippen LogP) is 2.23. The molecule has 6 nitrogen and oxygen atoms in total. The Hall–Kier alpha value is -1.79. The number of rotatable bonds is 3. The van der Waals surface area contributed by atoms with Crippen LogP contribution in [-0.2, 0) is 11.3 Å². The molecule has 2 aliphatic heterocycles. The van der Waals surface area contributed by atoms with Gasteiger partial charge in [0.1, 0.15) is 0 Å². The molecule has 4 rings (SSSR count). The Labute approximate surface area is 135 Å². The van der Waals surface area contributed by atoms with Gasteiger partial charge < -0.3 is 9.15 Å². The van der Waals surface area contributed by atoms with E-state index in [-0.39, 0.29) is 12.0 Å². The van der Waals surface area contributed by atoms with E-state index in [2.05, 4.69) is 32.2 Å². The molecular formula is C17H22N4O2. The van der Waals surface area contributed by atoms with Gasteiger partial charge in [-0.05, 0) is 31.9 Å². The van der Waals surface area contributed by atoms with Crippen LogP contribution in [0.3, 0.4) is 0 Å². The van der Waals surface area contributed by atoms with Crippen LogP contribution >= 0.6 is 0 Å². The van der Waals surface area contributed by atoms with Crippen molar-refractivity contribution in [3.63, 3.8) is 0 Å². The number of piperidine rings is 1. The standard InChI is InChI=1S/C17H22N4O2/c1-11-4-3-5-14(18-11)10-21-9-13(17-20-19-12(2)23-17)8-16-15(21)6-7-22-16/h3-5,13,15-16H,6-10H2,1-2H3/t13-,15+,16+/m0/s1. The SMILES string of the molecule is Cc1cccc(CN2C[C@@H](c3nnc(C)o3)C[C@H]3OCC[C@H]32)n1. The second-order valence-electron chi connectivity index (χ2n) is 6.56. The van der Waals surface area contributed by atoms with E-state index < -0.39 is 0 Å². The van der Waals surface area contributed by atoms with Crippen LogP contribution in [0.4, 0.5) is 0 Å². The van der Waals surface area contributed by atoms with Gasteiger partial charge in [0.15, 0.2) is 0 Å². The lowest BCUT2D eigenvalue weighted by atomic mass is 9.89. The lowest BCUT2D eigenvalue weighted by Crippen LogP contribution is -2.48. The van der Waals surface area contributed by atoms with Gasteiger partial charge in [-0.25, -0.2) is 0 Å². The highest BCUT2D eigenvalue weighted by molar-refractivity contribution is 5.11. The van der Waals surface area contributed by atoms with Gasteiger partial charge in [0, 0.05) is 38.4 Å². The Balaban J connectivity index is 1.56. The van der Waals surface area contributed by atoms with Crippen molar-refractivity contribution >= 4 is 0 Å². The molecule has 0 spiro atoms. The number of aromatic nitrogens is 3. The second kappa shape index (κ2) is 6.02. The van der Waals surface area contributed by atoms with E-state index in [1.165, 1.54) is 0 Å². The summed E-state index contributed by atoms with van der Waals surface area (Å²) in [4.78, 5) is 7.13. The van der Waals surface area contributed by atoms with Crippen LogP contribution in [0.5, 0.6) is 0 Å². The molecule has 2 aromatic heterocycles. The maximum atomic E-state index is 5.96. The largest absolute Gasteiger partial charge is 0.425 e. The molecule has 6 heteroatoms. The van der Waals surface area contributed by atoms with E-state index in [0.29, 0.717) is 11.9 Å². The maximum absolute atomic E-state index is 5.96. The van der Waals surface area contributed by atoms with Gasteiger partial charge >= 0.3 is 0 Å². The van der Waals surface area contributed by atoms with Crippen molar-refractivity contribution in [2.24, 2.45) is 0 Å². The molecule has 122 valence electrons. The average molecular weight is 314 g/mol. The highest BCUT2D eigenvalue weighted by Crippen LogP contribution is 2.36. The minimum Gasteiger partial charge on any atom is -0.425 e. The fourth-order valence-corrected chi connectivity index (χ4v) is 3.79. The zero-order valence-corrected chi connectivity index (χ0v) is 13.6. The van der Waals surface area contributed by atoms with Crippen molar-refractivity contribution in [2.75, 3.05) is 13.2 Å². The number of fused-ring (bicyclic) bond motifs is 1. The van der Waals surface area contributed by atoms with Crippen LogP contribution in [0.25, 0.3) is 0 Å². The van der Waals surface area contributed by atoms with Crippen molar-refractivity contribution in [1.29, 1.82) is 0 Å². The molecule has 4 heterocycles. The number of pyridine rings is 1. The summed E-state index contributed by atoms with van der Waals surface area (Å²) in [7, 11) is 0. The molecule has 0 saturated carbocycles. The van der Waals surface area contributed by atoms with Gasteiger partial charge in [-0.2, -0.15) is 0 Å². The molecule has 0 aliphatic carbocycles. The Kier molecular flexibility index (Phi) is 3.87. The van der Waals surface area contributed by atoms with Crippen LogP contribution < -0.4 is 0 Å². The Morgan fingerprint density at radius 3 is 2.96 bits per heavy atom. The molecule has 2 aliphatic rings. The van der Waals surface area contributed by atoms with E-state index in [1.807, 2.05) is 19.9 Å². The predicted molar refractivity (Wildman–Crippen MR) is 83.9 cm³/mol. The summed E-state index contributed by atoms with van der Waals surface area (Å²) < 4.78 is 11.6. The number of hydrogen-bond acceptors (Lipinski definition) is 6. The Morgan fingerprint density at radius 1 is 1.26 bits per heavy atom. The van der Waals surface area contributed by atoms with E-state index >= 15 is 0 Å². The van der Waals surface area contributed by atoms with Gasteiger partial charge in [-0.3, -0.25) is 9.88 Å². The first-order valence-electron chi connectivity index (χ1n) is 8.27. The third-order valence-corrected chi connectivity index (χ3v) is 4.82. The summed E-state index contributed by atoms with van der Waals surface area (Å²) in [5, 5.41) is 8.20. The summed E-state index contributed by atoms with van der Waals surface area (Å²) in [5.41, 5.74) is 2.17. The summed E-state index contributed by atoms with van der Waals surface area (Å²) >= 11 is 0. The first-order chi connectivity index (χ1) is 11.2. The van der Waals surface area contributed by atoms with Gasteiger partial charge in [-0.1, -0.05) is 6.07 Å². The van der Waals surface area contributed by atoms with Gasteiger partial charge in [0.05, 0.1) is 17.7 Å². The fourth-order valence-electron chi connectivity index (χ4n) is 3.79. The Morgan fingerprint density at radius 2 is 2.17 bits per heavy atom. The highest BCUT2D eigenvalue weighted by Gasteiger charge is 2.42. The smallest absolute Gasteiger partial charge is 0.220 e. The molecule has 0 radical (unpaired) electrons. The molecule has 2 aromatic rings. The molecule has 2 saturated heterocycles. The average Bonchev–Trinajstić information content (AvgIpc) is 3.16. The third-order valence-electron chi connectivity index (χ3n) is 4.82. The van der Waals surface area contributed by atoms with Crippen molar-refractivity contribution < 1.29 is 9.15 Å². The lowest BCUT2D eigenvalue weighted by Gasteiger charge is -2.39. The number of hydrogen-bond donors (Lipinski definition) is 0. The topological polar surface area (TPSA) is 64.3 Å². The van der Waals surface area contributed by atoms with Gasteiger partial charge in [0.2, 0.25) is 11.8 Å². The first-order valence-corrected chi connectivity index (χ1v) is 8.27. The van der Waals surface area contributed by atoms with Crippen LogP contribution in [0, 0.1) is 13.8 Å². The molecule has 0 bridgehead atoms. The van der Waals surface area contributed by atoms with Crippen LogP contribution in [0.1, 0.15) is 41.9 Å². The van der Waals surface area contributed by atoms with Gasteiger partial charge in [-0.15, -0.1) is 10.2 Å². The molecule has 2 fully saturated rings. The number of aryl methyl sites for hydroxylation is 2. The normalized spacial score (nSPS) is 28.0. The van der Waals surface area contributed by atoms with E-state index in [9.17, 15) is 0 Å². The minimum absolute atomic E-state index is 0.236. The van der Waals surface area contributed by atoms with Gasteiger partial charge in [0.25, 0.3) is 0 Å². The lowest BCUT2D eigenvalue weighted by molar-refractivity contribution is 0.00873.